The lowest BCUT2D eigenvalue weighted by Gasteiger charge is -2.14. The van der Waals surface area contributed by atoms with Crippen LogP contribution >= 0.6 is 0 Å². The van der Waals surface area contributed by atoms with Crippen LogP contribution in [0.15, 0.2) is 24.3 Å². The van der Waals surface area contributed by atoms with Crippen molar-refractivity contribution < 1.29 is 9.63 Å². The summed E-state index contributed by atoms with van der Waals surface area (Å²) >= 11 is 0. The van der Waals surface area contributed by atoms with Crippen LogP contribution in [-0.2, 0) is 16.1 Å². The van der Waals surface area contributed by atoms with Gasteiger partial charge in [-0.15, -0.1) is 0 Å². The number of amides is 1. The molecule has 1 saturated carbocycles. The highest BCUT2D eigenvalue weighted by Gasteiger charge is 2.58. The second kappa shape index (κ2) is 3.82. The summed E-state index contributed by atoms with van der Waals surface area (Å²) in [6, 6.07) is 8.59. The molecule has 0 N–H and O–H groups in total. The van der Waals surface area contributed by atoms with Crippen molar-refractivity contribution in [3.05, 3.63) is 35.4 Å². The number of hydroxylamine groups is 2. The predicted molar refractivity (Wildman–Crippen MR) is 66.8 cm³/mol. The molecule has 1 aromatic rings. The summed E-state index contributed by atoms with van der Waals surface area (Å²) in [6.07, 6.45) is 3.26. The van der Waals surface area contributed by atoms with Crippen molar-refractivity contribution in [3.8, 4) is 0 Å². The summed E-state index contributed by atoms with van der Waals surface area (Å²) < 4.78 is 0. The highest BCUT2D eigenvalue weighted by molar-refractivity contribution is 5.83. The fourth-order valence-electron chi connectivity index (χ4n) is 3.69. The van der Waals surface area contributed by atoms with Gasteiger partial charge in [0.15, 0.2) is 0 Å². The Morgan fingerprint density at radius 2 is 2.22 bits per heavy atom. The number of hydrogen-bond donors (Lipinski definition) is 0. The van der Waals surface area contributed by atoms with Crippen LogP contribution in [0.5, 0.6) is 0 Å². The second-order valence-corrected chi connectivity index (χ2v) is 5.58. The molecule has 0 bridgehead atoms. The number of carbonyl (C=O) groups excluding carboxylic acids is 1. The standard InChI is InChI=1S/C15H17NO2/c17-15(16-8-3-9-18-16)14-12-7-6-10-4-1-2-5-11(10)13(12)14/h1-2,4-5,12-14H,3,6-9H2. The minimum atomic E-state index is 0.187. The summed E-state index contributed by atoms with van der Waals surface area (Å²) in [5, 5.41) is 1.60. The van der Waals surface area contributed by atoms with Crippen LogP contribution in [0.2, 0.25) is 0 Å². The molecule has 3 atom stereocenters. The average Bonchev–Trinajstić information content (AvgIpc) is 2.89. The molecule has 2 fully saturated rings. The molecule has 1 amide bonds. The first-order chi connectivity index (χ1) is 8.86. The zero-order valence-corrected chi connectivity index (χ0v) is 10.3. The third kappa shape index (κ3) is 1.43. The third-order valence-electron chi connectivity index (χ3n) is 4.61. The number of fused-ring (bicyclic) bond motifs is 3. The minimum Gasteiger partial charge on any atom is -0.272 e. The van der Waals surface area contributed by atoms with Crippen LogP contribution in [0.4, 0.5) is 0 Å². The fraction of sp³-hybridized carbons (Fsp3) is 0.533. The molecule has 0 aromatic heterocycles. The first kappa shape index (κ1) is 10.6. The van der Waals surface area contributed by atoms with E-state index in [1.54, 1.807) is 5.06 Å². The first-order valence-corrected chi connectivity index (χ1v) is 6.88. The molecule has 0 radical (unpaired) electrons. The molecule has 1 heterocycles. The van der Waals surface area contributed by atoms with Crippen LogP contribution in [0.3, 0.4) is 0 Å². The second-order valence-electron chi connectivity index (χ2n) is 5.58. The zero-order valence-electron chi connectivity index (χ0n) is 10.3. The van der Waals surface area contributed by atoms with Crippen molar-refractivity contribution in [1.82, 2.24) is 5.06 Å². The summed E-state index contributed by atoms with van der Waals surface area (Å²) in [5.74, 6) is 1.44. The van der Waals surface area contributed by atoms with Gasteiger partial charge in [-0.3, -0.25) is 9.63 Å². The number of aryl methyl sites for hydroxylation is 1. The Hall–Kier alpha value is -1.35. The zero-order chi connectivity index (χ0) is 12.1. The minimum absolute atomic E-state index is 0.187. The topological polar surface area (TPSA) is 29.5 Å². The highest BCUT2D eigenvalue weighted by atomic mass is 16.7. The first-order valence-electron chi connectivity index (χ1n) is 6.88. The van der Waals surface area contributed by atoms with E-state index in [1.807, 2.05) is 0 Å². The van der Waals surface area contributed by atoms with E-state index in [4.69, 9.17) is 4.84 Å². The van der Waals surface area contributed by atoms with Gasteiger partial charge in [0, 0.05) is 0 Å². The smallest absolute Gasteiger partial charge is 0.250 e. The molecule has 1 aliphatic heterocycles. The lowest BCUT2D eigenvalue weighted by molar-refractivity contribution is -0.170. The Balaban J connectivity index is 1.59. The van der Waals surface area contributed by atoms with E-state index < -0.39 is 0 Å². The third-order valence-corrected chi connectivity index (χ3v) is 4.61. The van der Waals surface area contributed by atoms with Crippen molar-refractivity contribution >= 4 is 5.91 Å². The van der Waals surface area contributed by atoms with Gasteiger partial charge in [-0.05, 0) is 42.2 Å². The molecule has 3 heteroatoms. The molecule has 0 spiro atoms. The SMILES string of the molecule is O=C(C1C2CCc3ccccc3C21)N1CCCO1. The van der Waals surface area contributed by atoms with Gasteiger partial charge in [0.1, 0.15) is 0 Å². The molecule has 3 aliphatic rings. The van der Waals surface area contributed by atoms with Crippen molar-refractivity contribution in [2.75, 3.05) is 13.2 Å². The molecule has 4 rings (SSSR count). The van der Waals surface area contributed by atoms with Gasteiger partial charge in [-0.1, -0.05) is 24.3 Å². The summed E-state index contributed by atoms with van der Waals surface area (Å²) in [5.41, 5.74) is 2.85. The summed E-state index contributed by atoms with van der Waals surface area (Å²) in [4.78, 5) is 17.8. The van der Waals surface area contributed by atoms with Gasteiger partial charge in [0.2, 0.25) is 5.91 Å². The largest absolute Gasteiger partial charge is 0.272 e. The van der Waals surface area contributed by atoms with E-state index in [-0.39, 0.29) is 11.8 Å². The van der Waals surface area contributed by atoms with Gasteiger partial charge < -0.3 is 0 Å². The van der Waals surface area contributed by atoms with Gasteiger partial charge in [-0.25, -0.2) is 5.06 Å². The number of rotatable bonds is 1. The Kier molecular flexibility index (Phi) is 2.24. The molecule has 94 valence electrons. The molecular weight excluding hydrogens is 226 g/mol. The number of hydrogen-bond acceptors (Lipinski definition) is 2. The van der Waals surface area contributed by atoms with Crippen molar-refractivity contribution in [3.63, 3.8) is 0 Å². The van der Waals surface area contributed by atoms with Crippen molar-refractivity contribution in [2.45, 2.75) is 25.2 Å². The number of carbonyl (C=O) groups is 1. The van der Waals surface area contributed by atoms with E-state index in [0.717, 1.165) is 25.8 Å². The molecule has 3 nitrogen and oxygen atoms in total. The van der Waals surface area contributed by atoms with Crippen LogP contribution in [0.1, 0.15) is 29.9 Å². The Bertz CT molecular complexity index is 493. The summed E-state index contributed by atoms with van der Waals surface area (Å²) in [7, 11) is 0. The predicted octanol–water partition coefficient (Wildman–Crippen LogP) is 2.13. The van der Waals surface area contributed by atoms with Crippen LogP contribution < -0.4 is 0 Å². The quantitative estimate of drug-likeness (QED) is 0.756. The lowest BCUT2D eigenvalue weighted by Crippen LogP contribution is -2.28. The maximum atomic E-state index is 12.4. The molecule has 2 aliphatic carbocycles. The van der Waals surface area contributed by atoms with Gasteiger partial charge in [-0.2, -0.15) is 0 Å². The maximum Gasteiger partial charge on any atom is 0.250 e. The van der Waals surface area contributed by atoms with E-state index in [1.165, 1.54) is 11.1 Å². The van der Waals surface area contributed by atoms with E-state index in [2.05, 4.69) is 24.3 Å². The van der Waals surface area contributed by atoms with E-state index in [9.17, 15) is 4.79 Å². The molecular formula is C15H17NO2. The van der Waals surface area contributed by atoms with Gasteiger partial charge in [0.25, 0.3) is 0 Å². The van der Waals surface area contributed by atoms with Crippen LogP contribution in [0.25, 0.3) is 0 Å². The van der Waals surface area contributed by atoms with Crippen molar-refractivity contribution in [1.29, 1.82) is 0 Å². The lowest BCUT2D eigenvalue weighted by atomic mass is 9.92. The van der Waals surface area contributed by atoms with Crippen LogP contribution in [0, 0.1) is 11.8 Å². The van der Waals surface area contributed by atoms with E-state index >= 15 is 0 Å². The highest BCUT2D eigenvalue weighted by Crippen LogP contribution is 2.60. The number of nitrogens with zero attached hydrogens (tertiary/aromatic N) is 1. The van der Waals surface area contributed by atoms with Gasteiger partial charge in [0.05, 0.1) is 19.1 Å². The molecule has 18 heavy (non-hydrogen) atoms. The molecule has 3 unspecified atom stereocenters. The van der Waals surface area contributed by atoms with E-state index in [0.29, 0.717) is 18.4 Å². The van der Waals surface area contributed by atoms with Crippen molar-refractivity contribution in [2.24, 2.45) is 11.8 Å². The normalized spacial score (nSPS) is 32.9. The Morgan fingerprint density at radius 3 is 3.06 bits per heavy atom. The number of benzene rings is 1. The summed E-state index contributed by atoms with van der Waals surface area (Å²) in [6.45, 7) is 1.47. The maximum absolute atomic E-state index is 12.4. The van der Waals surface area contributed by atoms with Crippen LogP contribution in [-0.4, -0.2) is 24.1 Å². The molecule has 1 aromatic carbocycles. The van der Waals surface area contributed by atoms with Gasteiger partial charge >= 0.3 is 0 Å². The Morgan fingerprint density at radius 1 is 1.33 bits per heavy atom. The molecule has 1 saturated heterocycles. The monoisotopic (exact) mass is 243 g/mol. The fourth-order valence-corrected chi connectivity index (χ4v) is 3.69. The average molecular weight is 243 g/mol. The Labute approximate surface area is 107 Å².